The van der Waals surface area contributed by atoms with Gasteiger partial charge in [0.2, 0.25) is 0 Å². The van der Waals surface area contributed by atoms with Crippen LogP contribution in [0.5, 0.6) is 0 Å². The van der Waals surface area contributed by atoms with Gasteiger partial charge in [-0.25, -0.2) is 8.42 Å². The molecule has 0 fully saturated rings. The third-order valence-corrected chi connectivity index (χ3v) is 6.33. The summed E-state index contributed by atoms with van der Waals surface area (Å²) in [5, 5.41) is 3.08. The van der Waals surface area contributed by atoms with Crippen molar-refractivity contribution in [3.05, 3.63) is 87.9 Å². The summed E-state index contributed by atoms with van der Waals surface area (Å²) in [4.78, 5) is 12.7. The molecule has 0 saturated heterocycles. The van der Waals surface area contributed by atoms with Crippen molar-refractivity contribution in [1.82, 2.24) is 0 Å². The number of aryl methyl sites for hydroxylation is 3. The monoisotopic (exact) mass is 428 g/mol. The Labute approximate surface area is 175 Å². The largest absolute Gasteiger partial charge is 0.322 e. The Balaban J connectivity index is 1.91. The maximum Gasteiger partial charge on any atom is 0.262 e. The van der Waals surface area contributed by atoms with Gasteiger partial charge in [-0.2, -0.15) is 0 Å². The van der Waals surface area contributed by atoms with Crippen LogP contribution in [0.1, 0.15) is 27.0 Å². The first kappa shape index (κ1) is 20.9. The lowest BCUT2D eigenvalue weighted by molar-refractivity contribution is 0.102. The van der Waals surface area contributed by atoms with E-state index in [4.69, 9.17) is 11.6 Å². The lowest BCUT2D eigenvalue weighted by atomic mass is 10.0. The van der Waals surface area contributed by atoms with Crippen LogP contribution in [0.2, 0.25) is 5.02 Å². The van der Waals surface area contributed by atoms with E-state index in [1.807, 2.05) is 26.0 Å². The van der Waals surface area contributed by atoms with E-state index in [1.54, 1.807) is 49.4 Å². The van der Waals surface area contributed by atoms with Gasteiger partial charge < -0.3 is 5.32 Å². The van der Waals surface area contributed by atoms with Gasteiger partial charge in [0.25, 0.3) is 15.9 Å². The number of carbonyl (C=O) groups excluding carboxylic acids is 1. The van der Waals surface area contributed by atoms with Crippen LogP contribution in [0.4, 0.5) is 11.4 Å². The fourth-order valence-corrected chi connectivity index (χ4v) is 4.48. The van der Waals surface area contributed by atoms with Gasteiger partial charge in [-0.1, -0.05) is 47.5 Å². The van der Waals surface area contributed by atoms with Gasteiger partial charge >= 0.3 is 0 Å². The molecule has 29 heavy (non-hydrogen) atoms. The molecular formula is C22H21ClN2O3S. The van der Waals surface area contributed by atoms with Crippen molar-refractivity contribution >= 4 is 38.9 Å². The number of benzene rings is 3. The molecular weight excluding hydrogens is 408 g/mol. The minimum absolute atomic E-state index is 0.0659. The van der Waals surface area contributed by atoms with Crippen LogP contribution in [0.25, 0.3) is 0 Å². The summed E-state index contributed by atoms with van der Waals surface area (Å²) in [6.45, 7) is 5.46. The Morgan fingerprint density at radius 2 is 1.59 bits per heavy atom. The molecule has 2 N–H and O–H groups in total. The van der Waals surface area contributed by atoms with Crippen LogP contribution < -0.4 is 10.0 Å². The van der Waals surface area contributed by atoms with Crippen molar-refractivity contribution in [3.8, 4) is 0 Å². The molecule has 0 radical (unpaired) electrons. The van der Waals surface area contributed by atoms with Crippen molar-refractivity contribution in [2.75, 3.05) is 10.0 Å². The number of nitrogens with one attached hydrogen (secondary N) is 2. The van der Waals surface area contributed by atoms with Crippen molar-refractivity contribution in [2.24, 2.45) is 0 Å². The number of para-hydroxylation sites is 1. The predicted molar refractivity (Wildman–Crippen MR) is 117 cm³/mol. The van der Waals surface area contributed by atoms with Crippen molar-refractivity contribution in [2.45, 2.75) is 25.7 Å². The number of hydrogen-bond acceptors (Lipinski definition) is 3. The van der Waals surface area contributed by atoms with E-state index >= 15 is 0 Å². The molecule has 0 unspecified atom stereocenters. The predicted octanol–water partition coefficient (Wildman–Crippen LogP) is 5.32. The van der Waals surface area contributed by atoms with Gasteiger partial charge in [-0.3, -0.25) is 9.52 Å². The van der Waals surface area contributed by atoms with Gasteiger partial charge in [-0.05, 0) is 62.2 Å². The summed E-state index contributed by atoms with van der Waals surface area (Å²) >= 11 is 6.07. The molecule has 3 aromatic carbocycles. The molecule has 150 valence electrons. The Morgan fingerprint density at radius 3 is 2.31 bits per heavy atom. The molecule has 1 amide bonds. The van der Waals surface area contributed by atoms with Crippen LogP contribution in [0.15, 0.2) is 65.6 Å². The van der Waals surface area contributed by atoms with Gasteiger partial charge in [0.1, 0.15) is 0 Å². The van der Waals surface area contributed by atoms with E-state index in [1.165, 1.54) is 6.07 Å². The number of carbonyl (C=O) groups is 1. The summed E-state index contributed by atoms with van der Waals surface area (Å²) in [5.74, 6) is -0.294. The Kier molecular flexibility index (Phi) is 5.96. The summed E-state index contributed by atoms with van der Waals surface area (Å²) < 4.78 is 28.3. The van der Waals surface area contributed by atoms with Crippen molar-refractivity contribution in [3.63, 3.8) is 0 Å². The molecule has 5 nitrogen and oxygen atoms in total. The first-order valence-corrected chi connectivity index (χ1v) is 10.8. The lowest BCUT2D eigenvalue weighted by Crippen LogP contribution is -2.17. The van der Waals surface area contributed by atoms with Crippen LogP contribution in [-0.2, 0) is 10.0 Å². The molecule has 0 heterocycles. The zero-order chi connectivity index (χ0) is 21.2. The lowest BCUT2D eigenvalue weighted by Gasteiger charge is -2.14. The number of halogens is 1. The van der Waals surface area contributed by atoms with Crippen molar-refractivity contribution in [1.29, 1.82) is 0 Å². The molecule has 7 heteroatoms. The second kappa shape index (κ2) is 8.27. The van der Waals surface area contributed by atoms with Gasteiger partial charge in [0.05, 0.1) is 15.6 Å². The number of anilines is 2. The molecule has 0 saturated carbocycles. The van der Waals surface area contributed by atoms with E-state index in [2.05, 4.69) is 10.0 Å². The number of rotatable bonds is 5. The molecule has 0 spiro atoms. The highest BCUT2D eigenvalue weighted by Crippen LogP contribution is 2.27. The quantitative estimate of drug-likeness (QED) is 0.577. The summed E-state index contributed by atoms with van der Waals surface area (Å²) in [5.41, 5.74) is 3.59. The molecule has 0 bridgehead atoms. The van der Waals surface area contributed by atoms with Crippen LogP contribution in [0, 0.1) is 20.8 Å². The van der Waals surface area contributed by atoms with E-state index < -0.39 is 10.0 Å². The zero-order valence-electron chi connectivity index (χ0n) is 16.3. The average Bonchev–Trinajstić information content (AvgIpc) is 2.66. The Bertz CT molecular complexity index is 1190. The van der Waals surface area contributed by atoms with Gasteiger partial charge in [0.15, 0.2) is 0 Å². The van der Waals surface area contributed by atoms with E-state index in [0.29, 0.717) is 27.5 Å². The molecule has 0 aliphatic carbocycles. The normalized spacial score (nSPS) is 11.2. The second-order valence-electron chi connectivity index (χ2n) is 6.84. The van der Waals surface area contributed by atoms with E-state index in [0.717, 1.165) is 11.1 Å². The Morgan fingerprint density at radius 1 is 0.897 bits per heavy atom. The smallest absolute Gasteiger partial charge is 0.262 e. The van der Waals surface area contributed by atoms with E-state index in [9.17, 15) is 13.2 Å². The van der Waals surface area contributed by atoms with Crippen LogP contribution in [-0.4, -0.2) is 14.3 Å². The fourth-order valence-electron chi connectivity index (χ4n) is 2.89. The third kappa shape index (κ3) is 4.78. The maximum absolute atomic E-state index is 12.9. The minimum Gasteiger partial charge on any atom is -0.322 e. The maximum atomic E-state index is 12.9. The second-order valence-corrected chi connectivity index (χ2v) is 8.90. The summed E-state index contributed by atoms with van der Waals surface area (Å²) in [6, 6.07) is 17.0. The highest BCUT2D eigenvalue weighted by atomic mass is 35.5. The molecule has 0 aliphatic heterocycles. The number of sulfonamides is 1. The molecule has 0 aromatic heterocycles. The van der Waals surface area contributed by atoms with Crippen LogP contribution >= 0.6 is 11.6 Å². The fraction of sp³-hybridized carbons (Fsp3) is 0.136. The van der Waals surface area contributed by atoms with Crippen molar-refractivity contribution < 1.29 is 13.2 Å². The SMILES string of the molecule is Cc1ccc(C)c(C(=O)Nc2ccc(C)c(S(=O)(=O)Nc3ccccc3Cl)c2)c1. The van der Waals surface area contributed by atoms with E-state index in [-0.39, 0.29) is 10.8 Å². The first-order valence-electron chi connectivity index (χ1n) is 8.94. The summed E-state index contributed by atoms with van der Waals surface area (Å²) in [6.07, 6.45) is 0. The summed E-state index contributed by atoms with van der Waals surface area (Å²) in [7, 11) is -3.89. The number of amides is 1. The molecule has 0 aliphatic rings. The standard InChI is InChI=1S/C22H21ClN2O3S/c1-14-8-9-15(2)18(12-14)22(26)24-17-11-10-16(3)21(13-17)29(27,28)25-20-7-5-4-6-19(20)23/h4-13,25H,1-3H3,(H,24,26). The first-order chi connectivity index (χ1) is 13.7. The zero-order valence-corrected chi connectivity index (χ0v) is 17.9. The topological polar surface area (TPSA) is 75.3 Å². The average molecular weight is 429 g/mol. The molecule has 3 rings (SSSR count). The molecule has 3 aromatic rings. The third-order valence-electron chi connectivity index (χ3n) is 4.49. The number of hydrogen-bond donors (Lipinski definition) is 2. The molecule has 0 atom stereocenters. The van der Waals surface area contributed by atoms with Gasteiger partial charge in [0, 0.05) is 11.3 Å². The van der Waals surface area contributed by atoms with Gasteiger partial charge in [-0.15, -0.1) is 0 Å². The van der Waals surface area contributed by atoms with Crippen LogP contribution in [0.3, 0.4) is 0 Å². The highest BCUT2D eigenvalue weighted by Gasteiger charge is 2.19. The highest BCUT2D eigenvalue weighted by molar-refractivity contribution is 7.92. The Hall–Kier alpha value is -2.83. The minimum atomic E-state index is -3.89.